The van der Waals surface area contributed by atoms with Gasteiger partial charge in [-0.05, 0) is 36.2 Å². The summed E-state index contributed by atoms with van der Waals surface area (Å²) < 4.78 is 42.5. The minimum Gasteiger partial charge on any atom is -0.497 e. The molecule has 1 aliphatic heterocycles. The molecule has 168 valence electrons. The van der Waals surface area contributed by atoms with Gasteiger partial charge in [0.25, 0.3) is 0 Å². The van der Waals surface area contributed by atoms with E-state index in [0.717, 1.165) is 11.1 Å². The maximum absolute atomic E-state index is 12.7. The lowest BCUT2D eigenvalue weighted by Crippen LogP contribution is -2.40. The Balaban J connectivity index is 1.51. The summed E-state index contributed by atoms with van der Waals surface area (Å²) in [4.78, 5) is 12.5. The van der Waals surface area contributed by atoms with Crippen LogP contribution in [0.2, 0.25) is 0 Å². The van der Waals surface area contributed by atoms with Crippen LogP contribution >= 0.6 is 0 Å². The van der Waals surface area contributed by atoms with Gasteiger partial charge in [0.05, 0.1) is 32.3 Å². The van der Waals surface area contributed by atoms with Crippen LogP contribution in [0.15, 0.2) is 47.4 Å². The molecule has 1 amide bonds. The first-order valence-corrected chi connectivity index (χ1v) is 11.5. The summed E-state index contributed by atoms with van der Waals surface area (Å²) in [5.41, 5.74) is 1.76. The third-order valence-electron chi connectivity index (χ3n) is 5.14. The Bertz CT molecular complexity index is 986. The largest absolute Gasteiger partial charge is 0.497 e. The zero-order valence-corrected chi connectivity index (χ0v) is 18.6. The summed E-state index contributed by atoms with van der Waals surface area (Å²) in [6, 6.07) is 12.1. The van der Waals surface area contributed by atoms with Gasteiger partial charge < -0.3 is 19.5 Å². The normalized spacial score (nSPS) is 14.8. The lowest BCUT2D eigenvalue weighted by molar-refractivity contribution is -0.121. The lowest BCUT2D eigenvalue weighted by Gasteiger charge is -2.26. The van der Waals surface area contributed by atoms with Crippen molar-refractivity contribution in [3.63, 3.8) is 0 Å². The van der Waals surface area contributed by atoms with Crippen LogP contribution in [0.3, 0.4) is 0 Å². The van der Waals surface area contributed by atoms with E-state index < -0.39 is 10.0 Å². The van der Waals surface area contributed by atoms with Crippen molar-refractivity contribution in [2.45, 2.75) is 24.3 Å². The first-order chi connectivity index (χ1) is 14.9. The quantitative estimate of drug-likeness (QED) is 0.630. The lowest BCUT2D eigenvalue weighted by atomic mass is 10.1. The number of ether oxygens (including phenoxy) is 3. The number of aryl methyl sites for hydroxylation is 1. The van der Waals surface area contributed by atoms with Gasteiger partial charge in [-0.3, -0.25) is 4.79 Å². The molecule has 0 atom stereocenters. The molecule has 3 rings (SSSR count). The third-order valence-corrected chi connectivity index (χ3v) is 7.06. The average molecular weight is 449 g/mol. The van der Waals surface area contributed by atoms with E-state index in [4.69, 9.17) is 14.2 Å². The fourth-order valence-electron chi connectivity index (χ4n) is 3.30. The molecule has 0 aliphatic carbocycles. The Morgan fingerprint density at radius 1 is 1.06 bits per heavy atom. The number of morpholine rings is 1. The monoisotopic (exact) mass is 448 g/mol. The minimum absolute atomic E-state index is 0.0946. The highest BCUT2D eigenvalue weighted by Gasteiger charge is 2.26. The second-order valence-electron chi connectivity index (χ2n) is 7.11. The highest BCUT2D eigenvalue weighted by Crippen LogP contribution is 2.24. The fourth-order valence-corrected chi connectivity index (χ4v) is 4.71. The van der Waals surface area contributed by atoms with Crippen LogP contribution in [0.5, 0.6) is 11.5 Å². The van der Waals surface area contributed by atoms with Crippen LogP contribution in [-0.2, 0) is 32.5 Å². The maximum atomic E-state index is 12.7. The van der Waals surface area contributed by atoms with Gasteiger partial charge in [0.15, 0.2) is 0 Å². The van der Waals surface area contributed by atoms with Crippen molar-refractivity contribution < 1.29 is 27.4 Å². The molecule has 0 saturated carbocycles. The van der Waals surface area contributed by atoms with Crippen molar-refractivity contribution in [2.75, 3.05) is 40.5 Å². The molecule has 8 nitrogen and oxygen atoms in total. The molecule has 1 saturated heterocycles. The van der Waals surface area contributed by atoms with Gasteiger partial charge in [0.1, 0.15) is 11.5 Å². The summed E-state index contributed by atoms with van der Waals surface area (Å²) in [7, 11) is -0.351. The highest BCUT2D eigenvalue weighted by molar-refractivity contribution is 7.89. The molecule has 2 aromatic rings. The zero-order chi connectivity index (χ0) is 22.3. The van der Waals surface area contributed by atoms with Crippen molar-refractivity contribution in [3.05, 3.63) is 53.6 Å². The predicted octanol–water partition coefficient (Wildman–Crippen LogP) is 1.97. The Morgan fingerprint density at radius 3 is 2.42 bits per heavy atom. The van der Waals surface area contributed by atoms with E-state index >= 15 is 0 Å². The number of amides is 1. The van der Waals surface area contributed by atoms with Gasteiger partial charge in [-0.2, -0.15) is 4.31 Å². The second kappa shape index (κ2) is 10.6. The van der Waals surface area contributed by atoms with Gasteiger partial charge in [-0.1, -0.05) is 12.1 Å². The van der Waals surface area contributed by atoms with Crippen LogP contribution in [-0.4, -0.2) is 59.2 Å². The zero-order valence-electron chi connectivity index (χ0n) is 17.8. The number of hydrogen-bond donors (Lipinski definition) is 1. The number of hydrogen-bond acceptors (Lipinski definition) is 6. The minimum atomic E-state index is -3.51. The Hall–Kier alpha value is -2.62. The maximum Gasteiger partial charge on any atom is 0.243 e. The molecular formula is C22H28N2O6S. The van der Waals surface area contributed by atoms with Crippen molar-refractivity contribution in [1.82, 2.24) is 9.62 Å². The van der Waals surface area contributed by atoms with E-state index in [-0.39, 0.29) is 10.8 Å². The molecule has 1 fully saturated rings. The second-order valence-corrected chi connectivity index (χ2v) is 9.05. The van der Waals surface area contributed by atoms with E-state index in [2.05, 4.69) is 5.32 Å². The smallest absolute Gasteiger partial charge is 0.243 e. The van der Waals surface area contributed by atoms with E-state index in [9.17, 15) is 13.2 Å². The summed E-state index contributed by atoms with van der Waals surface area (Å²) >= 11 is 0. The number of carbonyl (C=O) groups is 1. The van der Waals surface area contributed by atoms with Crippen LogP contribution in [0.1, 0.15) is 17.5 Å². The van der Waals surface area contributed by atoms with Crippen LogP contribution < -0.4 is 14.8 Å². The Labute approximate surface area is 183 Å². The van der Waals surface area contributed by atoms with Gasteiger partial charge in [-0.25, -0.2) is 8.42 Å². The molecule has 1 N–H and O–H groups in total. The molecule has 9 heteroatoms. The topological polar surface area (TPSA) is 94.2 Å². The number of rotatable bonds is 9. The third kappa shape index (κ3) is 5.96. The average Bonchev–Trinajstić information content (AvgIpc) is 2.82. The van der Waals surface area contributed by atoms with Crippen molar-refractivity contribution >= 4 is 15.9 Å². The first kappa shape index (κ1) is 23.1. The SMILES string of the molecule is COc1ccc(CNC(=O)CCc2ccc(S(=O)(=O)N3CCOCC3)cc2)c(OC)c1. The summed E-state index contributed by atoms with van der Waals surface area (Å²) in [6.45, 7) is 1.90. The molecule has 0 aromatic heterocycles. The molecule has 1 aliphatic rings. The van der Waals surface area contributed by atoms with Crippen LogP contribution in [0.25, 0.3) is 0 Å². The van der Waals surface area contributed by atoms with Gasteiger partial charge in [0.2, 0.25) is 15.9 Å². The fraction of sp³-hybridized carbons (Fsp3) is 0.409. The van der Waals surface area contributed by atoms with Crippen LogP contribution in [0.4, 0.5) is 0 Å². The van der Waals surface area contributed by atoms with Crippen molar-refractivity contribution in [3.8, 4) is 11.5 Å². The number of methoxy groups -OCH3 is 2. The van der Waals surface area contributed by atoms with Crippen LogP contribution in [0, 0.1) is 0 Å². The number of nitrogens with zero attached hydrogens (tertiary/aromatic N) is 1. The van der Waals surface area contributed by atoms with E-state index in [1.54, 1.807) is 44.6 Å². The van der Waals surface area contributed by atoms with E-state index in [1.807, 2.05) is 12.1 Å². The summed E-state index contributed by atoms with van der Waals surface area (Å²) in [5.74, 6) is 1.24. The molecule has 31 heavy (non-hydrogen) atoms. The van der Waals surface area contributed by atoms with Crippen molar-refractivity contribution in [2.24, 2.45) is 0 Å². The summed E-state index contributed by atoms with van der Waals surface area (Å²) in [6.07, 6.45) is 0.817. The molecule has 2 aromatic carbocycles. The summed E-state index contributed by atoms with van der Waals surface area (Å²) in [5, 5.41) is 2.89. The highest BCUT2D eigenvalue weighted by atomic mass is 32.2. The molecular weight excluding hydrogens is 420 g/mol. The molecule has 0 spiro atoms. The Kier molecular flexibility index (Phi) is 7.89. The van der Waals surface area contributed by atoms with Gasteiger partial charge >= 0.3 is 0 Å². The molecule has 0 radical (unpaired) electrons. The number of carbonyl (C=O) groups excluding carboxylic acids is 1. The molecule has 0 unspecified atom stereocenters. The predicted molar refractivity (Wildman–Crippen MR) is 116 cm³/mol. The van der Waals surface area contributed by atoms with Crippen molar-refractivity contribution in [1.29, 1.82) is 0 Å². The van der Waals surface area contributed by atoms with E-state index in [0.29, 0.717) is 57.2 Å². The van der Waals surface area contributed by atoms with Gasteiger partial charge in [-0.15, -0.1) is 0 Å². The van der Waals surface area contributed by atoms with Gasteiger partial charge in [0, 0.05) is 37.7 Å². The number of nitrogens with one attached hydrogen (secondary N) is 1. The molecule has 0 bridgehead atoms. The standard InChI is InChI=1S/C22H28N2O6S/c1-28-19-7-6-18(21(15-19)29-2)16-23-22(25)10-5-17-3-8-20(9-4-17)31(26,27)24-11-13-30-14-12-24/h3-4,6-9,15H,5,10-14,16H2,1-2H3,(H,23,25). The number of benzene rings is 2. The Morgan fingerprint density at radius 2 is 1.77 bits per heavy atom. The molecule has 1 heterocycles. The number of sulfonamides is 1. The van der Waals surface area contributed by atoms with E-state index in [1.165, 1.54) is 4.31 Å². The first-order valence-electron chi connectivity index (χ1n) is 10.1.